The van der Waals surface area contributed by atoms with Gasteiger partial charge in [-0.15, -0.1) is 0 Å². The van der Waals surface area contributed by atoms with Crippen molar-refractivity contribution in [3.63, 3.8) is 0 Å². The highest BCUT2D eigenvalue weighted by Gasteiger charge is 2.25. The fraction of sp³-hybridized carbons (Fsp3) is 0.304. The second kappa shape index (κ2) is 10.4. The van der Waals surface area contributed by atoms with E-state index in [0.29, 0.717) is 18.8 Å². The van der Waals surface area contributed by atoms with Gasteiger partial charge in [-0.25, -0.2) is 8.42 Å². The Morgan fingerprint density at radius 2 is 1.62 bits per heavy atom. The lowest BCUT2D eigenvalue weighted by Gasteiger charge is -2.14. The average molecular weight is 459 g/mol. The van der Waals surface area contributed by atoms with Gasteiger partial charge in [0.05, 0.1) is 12.0 Å². The molecule has 1 atom stereocenters. The number of rotatable bonds is 9. The molecule has 2 N–H and O–H groups in total. The third kappa shape index (κ3) is 5.95. The van der Waals surface area contributed by atoms with Crippen molar-refractivity contribution in [3.8, 4) is 16.9 Å². The van der Waals surface area contributed by atoms with Crippen molar-refractivity contribution in [2.75, 3.05) is 20.2 Å². The molecule has 1 unspecified atom stereocenters. The first-order valence-corrected chi connectivity index (χ1v) is 11.7. The average Bonchev–Trinajstić information content (AvgIpc) is 3.33. The van der Waals surface area contributed by atoms with Crippen LogP contribution < -0.4 is 9.46 Å². The molecule has 8 nitrogen and oxygen atoms in total. The molecule has 0 aromatic heterocycles. The van der Waals surface area contributed by atoms with Crippen molar-refractivity contribution >= 4 is 21.9 Å². The Balaban J connectivity index is 1.66. The van der Waals surface area contributed by atoms with Crippen LogP contribution in [0.2, 0.25) is 0 Å². The molecule has 1 aliphatic rings. The predicted molar refractivity (Wildman–Crippen MR) is 120 cm³/mol. The van der Waals surface area contributed by atoms with Gasteiger partial charge in [-0.1, -0.05) is 30.3 Å². The molecule has 1 aliphatic heterocycles. The van der Waals surface area contributed by atoms with Gasteiger partial charge in [0.1, 0.15) is 11.8 Å². The lowest BCUT2D eigenvalue weighted by molar-refractivity contribution is -0.139. The summed E-state index contributed by atoms with van der Waals surface area (Å²) in [5.74, 6) is -0.793. The molecule has 1 saturated heterocycles. The van der Waals surface area contributed by atoms with Crippen molar-refractivity contribution in [2.45, 2.75) is 30.2 Å². The van der Waals surface area contributed by atoms with E-state index in [1.54, 1.807) is 36.3 Å². The minimum atomic E-state index is -4.06. The van der Waals surface area contributed by atoms with Crippen LogP contribution in [0, 0.1) is 0 Å². The Hall–Kier alpha value is -3.17. The number of carbonyl (C=O) groups is 2. The lowest BCUT2D eigenvalue weighted by atomic mass is 10.1. The van der Waals surface area contributed by atoms with Crippen molar-refractivity contribution in [3.05, 3.63) is 60.7 Å². The Labute approximate surface area is 187 Å². The summed E-state index contributed by atoms with van der Waals surface area (Å²) in [6.45, 7) is 1.37. The molecule has 1 amide bonds. The number of carboxylic acid groups (broad SMARTS) is 1. The van der Waals surface area contributed by atoms with E-state index in [1.807, 2.05) is 12.1 Å². The third-order valence-corrected chi connectivity index (χ3v) is 6.72. The Morgan fingerprint density at radius 3 is 2.16 bits per heavy atom. The largest absolute Gasteiger partial charge is 0.497 e. The topological polar surface area (TPSA) is 113 Å². The van der Waals surface area contributed by atoms with E-state index in [4.69, 9.17) is 4.74 Å². The van der Waals surface area contributed by atoms with Crippen LogP contribution in [-0.4, -0.2) is 56.5 Å². The van der Waals surface area contributed by atoms with Crippen molar-refractivity contribution in [1.82, 2.24) is 9.62 Å². The number of likely N-dealkylation sites (tertiary alicyclic amines) is 1. The molecular formula is C23H26N2O6S. The third-order valence-electron chi connectivity index (χ3n) is 5.23. The number of carboxylic acids is 1. The maximum atomic E-state index is 12.7. The van der Waals surface area contributed by atoms with Gasteiger partial charge in [0.25, 0.3) is 0 Å². The fourth-order valence-corrected chi connectivity index (χ4v) is 4.61. The highest BCUT2D eigenvalue weighted by molar-refractivity contribution is 7.89. The van der Waals surface area contributed by atoms with Gasteiger partial charge in [-0.2, -0.15) is 4.72 Å². The molecule has 0 radical (unpaired) electrons. The molecule has 9 heteroatoms. The quantitative estimate of drug-likeness (QED) is 0.559. The normalized spacial score (nSPS) is 15.1. The van der Waals surface area contributed by atoms with E-state index < -0.39 is 22.0 Å². The summed E-state index contributed by atoms with van der Waals surface area (Å²) in [5.41, 5.74) is 1.70. The van der Waals surface area contributed by atoms with Gasteiger partial charge in [-0.3, -0.25) is 9.59 Å². The highest BCUT2D eigenvalue weighted by Crippen LogP contribution is 2.24. The summed E-state index contributed by atoms with van der Waals surface area (Å²) in [6.07, 6.45) is 4.47. The minimum Gasteiger partial charge on any atom is -0.497 e. The number of sulfonamides is 1. The molecular weight excluding hydrogens is 432 g/mol. The summed E-state index contributed by atoms with van der Waals surface area (Å²) in [7, 11) is -2.48. The van der Waals surface area contributed by atoms with Crippen LogP contribution in [0.5, 0.6) is 5.75 Å². The molecule has 3 rings (SSSR count). The summed E-state index contributed by atoms with van der Waals surface area (Å²) in [5, 5.41) is 9.43. The van der Waals surface area contributed by atoms with Crippen LogP contribution in [0.3, 0.4) is 0 Å². The van der Waals surface area contributed by atoms with Crippen LogP contribution >= 0.6 is 0 Å². The molecule has 1 heterocycles. The summed E-state index contributed by atoms with van der Waals surface area (Å²) in [4.78, 5) is 25.2. The Morgan fingerprint density at radius 1 is 1.06 bits per heavy atom. The molecule has 0 bridgehead atoms. The molecule has 170 valence electrons. The molecule has 1 fully saturated rings. The van der Waals surface area contributed by atoms with E-state index in [9.17, 15) is 23.1 Å². The fourth-order valence-electron chi connectivity index (χ4n) is 3.41. The van der Waals surface area contributed by atoms with Crippen molar-refractivity contribution in [1.29, 1.82) is 0 Å². The molecule has 0 spiro atoms. The molecule has 2 aromatic rings. The monoisotopic (exact) mass is 458 g/mol. The number of carbonyl (C=O) groups excluding carboxylic acids is 1. The van der Waals surface area contributed by atoms with Gasteiger partial charge < -0.3 is 14.7 Å². The van der Waals surface area contributed by atoms with E-state index in [1.165, 1.54) is 24.3 Å². The van der Waals surface area contributed by atoms with Gasteiger partial charge in [0.15, 0.2) is 0 Å². The maximum absolute atomic E-state index is 12.7. The van der Waals surface area contributed by atoms with Crippen LogP contribution in [0.1, 0.15) is 19.3 Å². The molecule has 0 aliphatic carbocycles. The summed E-state index contributed by atoms with van der Waals surface area (Å²) >= 11 is 0. The second-order valence-electron chi connectivity index (χ2n) is 7.44. The zero-order valence-electron chi connectivity index (χ0n) is 17.7. The van der Waals surface area contributed by atoms with E-state index in [-0.39, 0.29) is 17.2 Å². The van der Waals surface area contributed by atoms with Gasteiger partial charge >= 0.3 is 5.97 Å². The number of benzene rings is 2. The van der Waals surface area contributed by atoms with E-state index in [2.05, 4.69) is 4.72 Å². The highest BCUT2D eigenvalue weighted by atomic mass is 32.2. The summed E-state index contributed by atoms with van der Waals surface area (Å²) < 4.78 is 32.7. The van der Waals surface area contributed by atoms with E-state index >= 15 is 0 Å². The zero-order valence-corrected chi connectivity index (χ0v) is 18.5. The number of ether oxygens (including phenoxy) is 1. The number of hydrogen-bond donors (Lipinski definition) is 2. The first kappa shape index (κ1) is 23.5. The van der Waals surface area contributed by atoms with Crippen LogP contribution in [0.25, 0.3) is 11.1 Å². The molecule has 0 saturated carbocycles. The SMILES string of the molecule is COc1ccc(-c2ccc(S(=O)(=O)NC(C/C=C\C(=O)N3CCCC3)C(=O)O)cc2)cc1. The molecule has 32 heavy (non-hydrogen) atoms. The van der Waals surface area contributed by atoms with Crippen molar-refractivity contribution in [2.24, 2.45) is 0 Å². The smallest absolute Gasteiger partial charge is 0.322 e. The van der Waals surface area contributed by atoms with Gasteiger partial charge in [0, 0.05) is 13.1 Å². The zero-order chi connectivity index (χ0) is 23.1. The van der Waals surface area contributed by atoms with Crippen LogP contribution in [-0.2, 0) is 19.6 Å². The van der Waals surface area contributed by atoms with E-state index in [0.717, 1.165) is 24.0 Å². The van der Waals surface area contributed by atoms with Crippen molar-refractivity contribution < 1.29 is 27.9 Å². The van der Waals surface area contributed by atoms with Gasteiger partial charge in [-0.05, 0) is 60.7 Å². The second-order valence-corrected chi connectivity index (χ2v) is 9.15. The lowest BCUT2D eigenvalue weighted by Crippen LogP contribution is -2.40. The Kier molecular flexibility index (Phi) is 7.66. The summed E-state index contributed by atoms with van der Waals surface area (Å²) in [6, 6.07) is 12.1. The van der Waals surface area contributed by atoms with Crippen LogP contribution in [0.4, 0.5) is 0 Å². The number of hydrogen-bond acceptors (Lipinski definition) is 5. The Bertz CT molecular complexity index is 1070. The number of nitrogens with one attached hydrogen (secondary N) is 1. The number of methoxy groups -OCH3 is 1. The standard InChI is InChI=1S/C23H26N2O6S/c1-31-19-11-7-17(8-12-19)18-9-13-20(14-10-18)32(29,30)24-21(23(27)28)5-4-6-22(26)25-15-2-3-16-25/h4,6-14,21,24H,2-3,5,15-16H2,1H3,(H,27,28)/b6-4-. The first-order chi connectivity index (χ1) is 15.3. The molecule has 2 aromatic carbocycles. The predicted octanol–water partition coefficient (Wildman–Crippen LogP) is 2.66. The number of aliphatic carboxylic acids is 1. The van der Waals surface area contributed by atoms with Gasteiger partial charge in [0.2, 0.25) is 15.9 Å². The van der Waals surface area contributed by atoms with Crippen LogP contribution in [0.15, 0.2) is 65.6 Å². The maximum Gasteiger partial charge on any atom is 0.322 e. The minimum absolute atomic E-state index is 0.0434. The number of amides is 1. The first-order valence-electron chi connectivity index (χ1n) is 10.3. The number of nitrogens with zero attached hydrogens (tertiary/aromatic N) is 1.